The molecule has 0 aliphatic carbocycles. The highest BCUT2D eigenvalue weighted by Gasteiger charge is 2.19. The van der Waals surface area contributed by atoms with Gasteiger partial charge in [0.05, 0.1) is 11.2 Å². The van der Waals surface area contributed by atoms with Crippen LogP contribution in [-0.2, 0) is 6.54 Å². The second kappa shape index (κ2) is 1.78. The van der Waals surface area contributed by atoms with Crippen LogP contribution in [0.15, 0.2) is 5.51 Å². The van der Waals surface area contributed by atoms with Crippen LogP contribution in [0.1, 0.15) is 23.5 Å². The number of nitrogens with one attached hydrogen (secondary N) is 1. The molecule has 9 heavy (non-hydrogen) atoms. The smallest absolute Gasteiger partial charge is 0.0798 e. The first-order chi connectivity index (χ1) is 4.38. The van der Waals surface area contributed by atoms with Crippen molar-refractivity contribution in [2.24, 2.45) is 0 Å². The van der Waals surface area contributed by atoms with Crippen molar-refractivity contribution in [1.82, 2.24) is 10.3 Å². The van der Waals surface area contributed by atoms with Crippen LogP contribution in [0.3, 0.4) is 0 Å². The molecule has 1 atom stereocenters. The van der Waals surface area contributed by atoms with Gasteiger partial charge < -0.3 is 5.32 Å². The molecule has 1 aliphatic heterocycles. The summed E-state index contributed by atoms with van der Waals surface area (Å²) in [6, 6.07) is 0.535. The van der Waals surface area contributed by atoms with Crippen LogP contribution in [0, 0.1) is 0 Å². The Morgan fingerprint density at radius 3 is 3.56 bits per heavy atom. The average Bonchev–Trinajstić information content (AvgIpc) is 2.35. The molecule has 1 aromatic heterocycles. The number of rotatable bonds is 0. The van der Waals surface area contributed by atoms with E-state index in [1.54, 1.807) is 11.3 Å². The molecule has 0 fully saturated rings. The lowest BCUT2D eigenvalue weighted by Crippen LogP contribution is -2.07. The monoisotopic (exact) mass is 140 g/mol. The first kappa shape index (κ1) is 5.38. The van der Waals surface area contributed by atoms with Crippen molar-refractivity contribution in [3.05, 3.63) is 16.1 Å². The second-order valence-electron chi connectivity index (χ2n) is 2.27. The molecular formula is C6H8N2S. The van der Waals surface area contributed by atoms with Gasteiger partial charge in [-0.2, -0.15) is 0 Å². The van der Waals surface area contributed by atoms with Crippen molar-refractivity contribution in [2.45, 2.75) is 19.5 Å². The van der Waals surface area contributed by atoms with Crippen LogP contribution in [0.5, 0.6) is 0 Å². The molecule has 2 nitrogen and oxygen atoms in total. The Morgan fingerprint density at radius 1 is 1.89 bits per heavy atom. The van der Waals surface area contributed by atoms with Crippen molar-refractivity contribution < 1.29 is 0 Å². The third kappa shape index (κ3) is 0.686. The molecule has 1 N–H and O–H groups in total. The molecule has 0 bridgehead atoms. The Kier molecular flexibility index (Phi) is 1.07. The van der Waals surface area contributed by atoms with E-state index in [0.717, 1.165) is 6.54 Å². The molecule has 0 radical (unpaired) electrons. The van der Waals surface area contributed by atoms with E-state index >= 15 is 0 Å². The van der Waals surface area contributed by atoms with E-state index in [-0.39, 0.29) is 0 Å². The number of hydrogen-bond acceptors (Lipinski definition) is 3. The predicted octanol–water partition coefficient (Wildman–Crippen LogP) is 1.31. The molecule has 0 aromatic carbocycles. The molecule has 0 spiro atoms. The fraction of sp³-hybridized carbons (Fsp3) is 0.500. The lowest BCUT2D eigenvalue weighted by molar-refractivity contribution is 0.635. The normalized spacial score (nSPS) is 24.3. The Morgan fingerprint density at radius 2 is 2.78 bits per heavy atom. The maximum atomic E-state index is 4.20. The van der Waals surface area contributed by atoms with Gasteiger partial charge in [0.25, 0.3) is 0 Å². The number of nitrogens with zero attached hydrogens (tertiary/aromatic N) is 1. The Labute approximate surface area is 57.9 Å². The molecule has 0 saturated heterocycles. The lowest BCUT2D eigenvalue weighted by Gasteiger charge is -1.97. The number of thiazole rings is 1. The highest BCUT2D eigenvalue weighted by molar-refractivity contribution is 7.09. The molecule has 1 aliphatic rings. The van der Waals surface area contributed by atoms with E-state index in [4.69, 9.17) is 0 Å². The third-order valence-corrected chi connectivity index (χ3v) is 2.70. The molecular weight excluding hydrogens is 132 g/mol. The zero-order chi connectivity index (χ0) is 6.27. The first-order valence-electron chi connectivity index (χ1n) is 3.03. The summed E-state index contributed by atoms with van der Waals surface area (Å²) < 4.78 is 0. The van der Waals surface area contributed by atoms with Gasteiger partial charge in [0.1, 0.15) is 0 Å². The molecule has 1 aromatic rings. The maximum Gasteiger partial charge on any atom is 0.0798 e. The highest BCUT2D eigenvalue weighted by Crippen LogP contribution is 2.26. The van der Waals surface area contributed by atoms with Gasteiger partial charge in [-0.15, -0.1) is 11.3 Å². The van der Waals surface area contributed by atoms with Gasteiger partial charge in [0.15, 0.2) is 0 Å². The largest absolute Gasteiger partial charge is 0.304 e. The zero-order valence-corrected chi connectivity index (χ0v) is 6.03. The lowest BCUT2D eigenvalue weighted by atomic mass is 10.3. The van der Waals surface area contributed by atoms with E-state index in [9.17, 15) is 0 Å². The van der Waals surface area contributed by atoms with Crippen molar-refractivity contribution in [3.63, 3.8) is 0 Å². The molecule has 3 heteroatoms. The fourth-order valence-corrected chi connectivity index (χ4v) is 1.95. The first-order valence-corrected chi connectivity index (χ1v) is 3.91. The van der Waals surface area contributed by atoms with E-state index in [1.807, 2.05) is 5.51 Å². The SMILES string of the molecule is CC1NCc2ncsc21. The molecule has 0 saturated carbocycles. The van der Waals surface area contributed by atoms with Gasteiger partial charge in [-0.25, -0.2) is 4.98 Å². The summed E-state index contributed by atoms with van der Waals surface area (Å²) in [5.74, 6) is 0. The predicted molar refractivity (Wildman–Crippen MR) is 37.4 cm³/mol. The van der Waals surface area contributed by atoms with E-state index in [0.29, 0.717) is 6.04 Å². The highest BCUT2D eigenvalue weighted by atomic mass is 32.1. The summed E-state index contributed by atoms with van der Waals surface area (Å²) in [5, 5.41) is 3.31. The van der Waals surface area contributed by atoms with Crippen molar-refractivity contribution in [3.8, 4) is 0 Å². The van der Waals surface area contributed by atoms with Gasteiger partial charge >= 0.3 is 0 Å². The quantitative estimate of drug-likeness (QED) is 0.587. The summed E-state index contributed by atoms with van der Waals surface area (Å²) in [5.41, 5.74) is 3.16. The van der Waals surface area contributed by atoms with E-state index < -0.39 is 0 Å². The van der Waals surface area contributed by atoms with Crippen LogP contribution in [0.2, 0.25) is 0 Å². The summed E-state index contributed by atoms with van der Waals surface area (Å²) >= 11 is 1.75. The standard InChI is InChI=1S/C6H8N2S/c1-4-6-5(2-7-4)8-3-9-6/h3-4,7H,2H2,1H3. The van der Waals surface area contributed by atoms with Crippen LogP contribution in [0.4, 0.5) is 0 Å². The maximum absolute atomic E-state index is 4.20. The Bertz CT molecular complexity index is 219. The minimum atomic E-state index is 0.535. The van der Waals surface area contributed by atoms with Gasteiger partial charge in [-0.1, -0.05) is 0 Å². The molecule has 2 rings (SSSR count). The molecule has 2 heterocycles. The van der Waals surface area contributed by atoms with E-state index in [1.165, 1.54) is 10.6 Å². The summed E-state index contributed by atoms with van der Waals surface area (Å²) in [7, 11) is 0. The summed E-state index contributed by atoms with van der Waals surface area (Å²) in [6.45, 7) is 3.13. The number of aromatic nitrogens is 1. The van der Waals surface area contributed by atoms with Gasteiger partial charge in [0.2, 0.25) is 0 Å². The molecule has 1 unspecified atom stereocenters. The average molecular weight is 140 g/mol. The number of hydrogen-bond donors (Lipinski definition) is 1. The second-order valence-corrected chi connectivity index (χ2v) is 3.15. The van der Waals surface area contributed by atoms with Crippen LogP contribution in [0.25, 0.3) is 0 Å². The Hall–Kier alpha value is -0.410. The van der Waals surface area contributed by atoms with Crippen molar-refractivity contribution in [1.29, 1.82) is 0 Å². The van der Waals surface area contributed by atoms with Crippen molar-refractivity contribution >= 4 is 11.3 Å². The van der Waals surface area contributed by atoms with Gasteiger partial charge in [-0.05, 0) is 6.92 Å². The zero-order valence-electron chi connectivity index (χ0n) is 5.22. The van der Waals surface area contributed by atoms with Gasteiger partial charge in [0, 0.05) is 17.5 Å². The minimum Gasteiger partial charge on any atom is -0.304 e. The Balaban J connectivity index is 2.49. The van der Waals surface area contributed by atoms with Crippen LogP contribution >= 0.6 is 11.3 Å². The van der Waals surface area contributed by atoms with Gasteiger partial charge in [-0.3, -0.25) is 0 Å². The number of fused-ring (bicyclic) bond motifs is 1. The van der Waals surface area contributed by atoms with Crippen molar-refractivity contribution in [2.75, 3.05) is 0 Å². The molecule has 48 valence electrons. The third-order valence-electron chi connectivity index (χ3n) is 1.64. The summed E-state index contributed by atoms with van der Waals surface area (Å²) in [6.07, 6.45) is 0. The fourth-order valence-electron chi connectivity index (χ4n) is 1.11. The van der Waals surface area contributed by atoms with Crippen LogP contribution in [-0.4, -0.2) is 4.98 Å². The summed E-state index contributed by atoms with van der Waals surface area (Å²) in [4.78, 5) is 5.62. The molecule has 0 amide bonds. The van der Waals surface area contributed by atoms with E-state index in [2.05, 4.69) is 17.2 Å². The topological polar surface area (TPSA) is 24.9 Å². The van der Waals surface area contributed by atoms with Crippen LogP contribution < -0.4 is 5.32 Å². The minimum absolute atomic E-state index is 0.535.